The van der Waals surface area contributed by atoms with E-state index >= 15 is 0 Å². The van der Waals surface area contributed by atoms with Gasteiger partial charge in [-0.1, -0.05) is 0 Å². The lowest BCUT2D eigenvalue weighted by molar-refractivity contribution is 0.190. The minimum absolute atomic E-state index is 0.0000770. The highest BCUT2D eigenvalue weighted by Gasteiger charge is 2.03. The zero-order valence-corrected chi connectivity index (χ0v) is 8.80. The Hall–Kier alpha value is -0.770. The molecule has 0 aromatic rings. The van der Waals surface area contributed by atoms with Crippen molar-refractivity contribution in [2.24, 2.45) is 0 Å². The third-order valence-electron chi connectivity index (χ3n) is 1.87. The molecular weight excluding hydrogens is 168 g/mol. The fourth-order valence-corrected chi connectivity index (χ4v) is 0.845. The largest absolute Gasteiger partial charge is 0.385 e. The van der Waals surface area contributed by atoms with E-state index in [4.69, 9.17) is 4.74 Å². The molecule has 78 valence electrons. The second-order valence-electron chi connectivity index (χ2n) is 2.95. The monoisotopic (exact) mass is 188 g/mol. The summed E-state index contributed by atoms with van der Waals surface area (Å²) in [6.45, 7) is 4.18. The fraction of sp³-hybridized carbons (Fsp3) is 0.889. The highest BCUT2D eigenvalue weighted by molar-refractivity contribution is 5.73. The number of amides is 2. The van der Waals surface area contributed by atoms with Crippen LogP contribution in [-0.2, 0) is 4.74 Å². The van der Waals surface area contributed by atoms with E-state index in [2.05, 4.69) is 5.32 Å². The molecule has 0 unspecified atom stereocenters. The van der Waals surface area contributed by atoms with Crippen molar-refractivity contribution in [2.75, 3.05) is 33.9 Å². The van der Waals surface area contributed by atoms with E-state index in [1.807, 2.05) is 6.92 Å². The van der Waals surface area contributed by atoms with Crippen LogP contribution in [0.2, 0.25) is 0 Å². The van der Waals surface area contributed by atoms with E-state index in [0.717, 1.165) is 32.5 Å². The molecule has 1 N–H and O–H groups in total. The van der Waals surface area contributed by atoms with Crippen molar-refractivity contribution in [1.82, 2.24) is 10.2 Å². The van der Waals surface area contributed by atoms with E-state index in [-0.39, 0.29) is 6.03 Å². The average molecular weight is 188 g/mol. The number of urea groups is 1. The molecule has 4 nitrogen and oxygen atoms in total. The molecule has 0 rings (SSSR count). The molecule has 0 spiro atoms. The minimum Gasteiger partial charge on any atom is -0.385 e. The lowest BCUT2D eigenvalue weighted by atomic mass is 10.3. The Morgan fingerprint density at radius 1 is 1.46 bits per heavy atom. The zero-order chi connectivity index (χ0) is 10.1. The standard InChI is InChI=1S/C9H20N2O2/c1-4-11(2)9(12)10-7-5-6-8-13-3/h4-8H2,1-3H3,(H,10,12). The highest BCUT2D eigenvalue weighted by atomic mass is 16.5. The van der Waals surface area contributed by atoms with Crippen LogP contribution in [0.5, 0.6) is 0 Å². The zero-order valence-electron chi connectivity index (χ0n) is 8.80. The summed E-state index contributed by atoms with van der Waals surface area (Å²) < 4.78 is 4.89. The summed E-state index contributed by atoms with van der Waals surface area (Å²) in [5, 5.41) is 2.82. The van der Waals surface area contributed by atoms with Crippen LogP contribution in [0.4, 0.5) is 4.79 Å². The van der Waals surface area contributed by atoms with Gasteiger partial charge in [0.1, 0.15) is 0 Å². The van der Waals surface area contributed by atoms with Crippen LogP contribution in [0.15, 0.2) is 0 Å². The maximum Gasteiger partial charge on any atom is 0.317 e. The number of nitrogens with one attached hydrogen (secondary N) is 1. The van der Waals surface area contributed by atoms with Gasteiger partial charge in [-0.05, 0) is 19.8 Å². The average Bonchev–Trinajstić information content (AvgIpc) is 2.16. The lowest BCUT2D eigenvalue weighted by Crippen LogP contribution is -2.37. The Morgan fingerprint density at radius 2 is 2.15 bits per heavy atom. The van der Waals surface area contributed by atoms with Crippen LogP contribution in [0, 0.1) is 0 Å². The molecule has 0 heterocycles. The van der Waals surface area contributed by atoms with Gasteiger partial charge in [0, 0.05) is 33.9 Å². The first kappa shape index (κ1) is 12.2. The normalized spacial score (nSPS) is 9.77. The summed E-state index contributed by atoms with van der Waals surface area (Å²) >= 11 is 0. The van der Waals surface area contributed by atoms with Gasteiger partial charge in [-0.25, -0.2) is 4.79 Å². The molecule has 0 aromatic heterocycles. The van der Waals surface area contributed by atoms with Crippen molar-refractivity contribution in [3.63, 3.8) is 0 Å². The van der Waals surface area contributed by atoms with Gasteiger partial charge in [-0.2, -0.15) is 0 Å². The Labute approximate surface area is 80.2 Å². The van der Waals surface area contributed by atoms with Crippen molar-refractivity contribution in [1.29, 1.82) is 0 Å². The van der Waals surface area contributed by atoms with Gasteiger partial charge in [0.25, 0.3) is 0 Å². The van der Waals surface area contributed by atoms with Crippen LogP contribution in [0.25, 0.3) is 0 Å². The lowest BCUT2D eigenvalue weighted by Gasteiger charge is -2.15. The molecule has 4 heteroatoms. The first-order valence-electron chi connectivity index (χ1n) is 4.70. The van der Waals surface area contributed by atoms with Gasteiger partial charge < -0.3 is 15.0 Å². The number of rotatable bonds is 6. The van der Waals surface area contributed by atoms with Gasteiger partial charge in [0.05, 0.1) is 0 Å². The van der Waals surface area contributed by atoms with E-state index in [9.17, 15) is 4.79 Å². The molecule has 0 aromatic carbocycles. The second kappa shape index (κ2) is 7.86. The van der Waals surface area contributed by atoms with Crippen molar-refractivity contribution in [2.45, 2.75) is 19.8 Å². The minimum atomic E-state index is -0.0000770. The molecule has 0 bridgehead atoms. The van der Waals surface area contributed by atoms with Crippen molar-refractivity contribution in [3.8, 4) is 0 Å². The maximum atomic E-state index is 11.2. The fourth-order valence-electron chi connectivity index (χ4n) is 0.845. The third-order valence-corrected chi connectivity index (χ3v) is 1.87. The first-order chi connectivity index (χ1) is 6.22. The predicted molar refractivity (Wildman–Crippen MR) is 52.8 cm³/mol. The molecule has 0 radical (unpaired) electrons. The molecule has 0 atom stereocenters. The predicted octanol–water partition coefficient (Wildman–Crippen LogP) is 1.07. The van der Waals surface area contributed by atoms with E-state index in [1.165, 1.54) is 0 Å². The molecular formula is C9H20N2O2. The molecule has 0 saturated heterocycles. The molecule has 0 aliphatic carbocycles. The number of hydrogen-bond acceptors (Lipinski definition) is 2. The van der Waals surface area contributed by atoms with Crippen molar-refractivity contribution < 1.29 is 9.53 Å². The Balaban J connectivity index is 3.27. The van der Waals surface area contributed by atoms with E-state index in [0.29, 0.717) is 0 Å². The number of nitrogens with zero attached hydrogens (tertiary/aromatic N) is 1. The highest BCUT2D eigenvalue weighted by Crippen LogP contribution is 1.88. The number of methoxy groups -OCH3 is 1. The number of unbranched alkanes of at least 4 members (excludes halogenated alkanes) is 1. The summed E-state index contributed by atoms with van der Waals surface area (Å²) in [5.41, 5.74) is 0. The Bertz CT molecular complexity index is 140. The van der Waals surface area contributed by atoms with Gasteiger partial charge in [0.15, 0.2) is 0 Å². The van der Waals surface area contributed by atoms with Crippen LogP contribution >= 0.6 is 0 Å². The Morgan fingerprint density at radius 3 is 2.69 bits per heavy atom. The summed E-state index contributed by atoms with van der Waals surface area (Å²) in [7, 11) is 3.47. The van der Waals surface area contributed by atoms with Crippen LogP contribution < -0.4 is 5.32 Å². The summed E-state index contributed by atoms with van der Waals surface area (Å²) in [6, 6.07) is -0.0000770. The molecule has 13 heavy (non-hydrogen) atoms. The van der Waals surface area contributed by atoms with Gasteiger partial charge >= 0.3 is 6.03 Å². The maximum absolute atomic E-state index is 11.2. The van der Waals surface area contributed by atoms with Crippen molar-refractivity contribution >= 4 is 6.03 Å². The molecule has 0 saturated carbocycles. The number of ether oxygens (including phenoxy) is 1. The van der Waals surface area contributed by atoms with Gasteiger partial charge in [0.2, 0.25) is 0 Å². The smallest absolute Gasteiger partial charge is 0.317 e. The summed E-state index contributed by atoms with van der Waals surface area (Å²) in [4.78, 5) is 12.8. The number of carbonyl (C=O) groups is 1. The summed E-state index contributed by atoms with van der Waals surface area (Å²) in [6.07, 6.45) is 1.96. The first-order valence-corrected chi connectivity index (χ1v) is 4.70. The molecule has 0 aliphatic heterocycles. The van der Waals surface area contributed by atoms with Crippen LogP contribution in [0.3, 0.4) is 0 Å². The van der Waals surface area contributed by atoms with Crippen molar-refractivity contribution in [3.05, 3.63) is 0 Å². The topological polar surface area (TPSA) is 41.6 Å². The molecule has 2 amide bonds. The number of hydrogen-bond donors (Lipinski definition) is 1. The summed E-state index contributed by atoms with van der Waals surface area (Å²) in [5.74, 6) is 0. The van der Waals surface area contributed by atoms with E-state index < -0.39 is 0 Å². The second-order valence-corrected chi connectivity index (χ2v) is 2.95. The van der Waals surface area contributed by atoms with Gasteiger partial charge in [-0.3, -0.25) is 0 Å². The van der Waals surface area contributed by atoms with Crippen LogP contribution in [0.1, 0.15) is 19.8 Å². The Kier molecular flexibility index (Phi) is 7.39. The van der Waals surface area contributed by atoms with Crippen LogP contribution in [-0.4, -0.2) is 44.8 Å². The SMILES string of the molecule is CCN(C)C(=O)NCCCCOC. The van der Waals surface area contributed by atoms with Gasteiger partial charge in [-0.15, -0.1) is 0 Å². The quantitative estimate of drug-likeness (QED) is 0.634. The molecule has 0 fully saturated rings. The number of carbonyl (C=O) groups excluding carboxylic acids is 1. The van der Waals surface area contributed by atoms with E-state index in [1.54, 1.807) is 19.1 Å². The third kappa shape index (κ3) is 6.40. The molecule has 0 aliphatic rings.